The lowest BCUT2D eigenvalue weighted by Crippen LogP contribution is -2.47. The number of rotatable bonds is 5. The van der Waals surface area contributed by atoms with Crippen LogP contribution in [0.4, 0.5) is 0 Å². The van der Waals surface area contributed by atoms with Crippen LogP contribution in [0.2, 0.25) is 0 Å². The molecule has 27 heavy (non-hydrogen) atoms. The van der Waals surface area contributed by atoms with Gasteiger partial charge in [-0.2, -0.15) is 0 Å². The van der Waals surface area contributed by atoms with Crippen molar-refractivity contribution in [2.45, 2.75) is 52.6 Å². The number of nitrogens with zero attached hydrogens (tertiary/aromatic N) is 4. The largest absolute Gasteiger partial charge is 0.338 e. The Hall–Kier alpha value is -2.15. The Bertz CT molecular complexity index is 895. The van der Waals surface area contributed by atoms with Crippen LogP contribution < -0.4 is 5.56 Å². The molecule has 1 saturated carbocycles. The molecule has 2 aromatic rings. The zero-order valence-electron chi connectivity index (χ0n) is 16.4. The number of carbonyl (C=O) groups excluding carboxylic acids is 1. The van der Waals surface area contributed by atoms with E-state index in [9.17, 15) is 9.59 Å². The standard InChI is InChI=1S/C20H29N5O2/c1-13(2)17-12-23(7-6-19(26)24(17)10-15-4-5-15)11-16-9-20(27)25-18(21-16)8-14(3)22-25/h8-9,13,15,17,22H,4-7,10-12H2,1-3H3/t17-/m1/s1. The Labute approximate surface area is 159 Å². The summed E-state index contributed by atoms with van der Waals surface area (Å²) in [5.41, 5.74) is 2.23. The van der Waals surface area contributed by atoms with Gasteiger partial charge in [0.25, 0.3) is 5.56 Å². The summed E-state index contributed by atoms with van der Waals surface area (Å²) in [6, 6.07) is 3.70. The van der Waals surface area contributed by atoms with E-state index >= 15 is 0 Å². The summed E-state index contributed by atoms with van der Waals surface area (Å²) >= 11 is 0. The summed E-state index contributed by atoms with van der Waals surface area (Å²) in [6.07, 6.45) is 3.05. The second-order valence-corrected chi connectivity index (χ2v) is 8.50. The molecule has 2 aromatic heterocycles. The van der Waals surface area contributed by atoms with Gasteiger partial charge in [0.1, 0.15) is 0 Å². The fraction of sp³-hybridized carbons (Fsp3) is 0.650. The van der Waals surface area contributed by atoms with E-state index in [1.165, 1.54) is 17.4 Å². The first-order chi connectivity index (χ1) is 12.9. The average molecular weight is 371 g/mol. The predicted octanol–water partition coefficient (Wildman–Crippen LogP) is 1.80. The van der Waals surface area contributed by atoms with Crippen molar-refractivity contribution in [3.05, 3.63) is 33.9 Å². The van der Waals surface area contributed by atoms with Crippen LogP contribution in [-0.4, -0.2) is 56.0 Å². The molecular weight excluding hydrogens is 342 g/mol. The van der Waals surface area contributed by atoms with Crippen LogP contribution in [0.5, 0.6) is 0 Å². The number of amides is 1. The SMILES string of the molecule is Cc1cc2nc(CN3CCC(=O)N(CC4CC4)[C@@H](C(C)C)C3)cc(=O)n2[nH]1. The molecule has 0 radical (unpaired) electrons. The Morgan fingerprint density at radius 1 is 1.26 bits per heavy atom. The topological polar surface area (TPSA) is 73.7 Å². The van der Waals surface area contributed by atoms with E-state index in [0.717, 1.165) is 31.0 Å². The van der Waals surface area contributed by atoms with E-state index in [4.69, 9.17) is 0 Å². The average Bonchev–Trinajstić information content (AvgIpc) is 3.36. The zero-order chi connectivity index (χ0) is 19.1. The Kier molecular flexibility index (Phi) is 4.80. The van der Waals surface area contributed by atoms with Crippen molar-refractivity contribution in [3.63, 3.8) is 0 Å². The molecule has 1 amide bonds. The minimum Gasteiger partial charge on any atom is -0.338 e. The highest BCUT2D eigenvalue weighted by Crippen LogP contribution is 2.32. The predicted molar refractivity (Wildman–Crippen MR) is 104 cm³/mol. The lowest BCUT2D eigenvalue weighted by Gasteiger charge is -2.34. The Balaban J connectivity index is 1.55. The van der Waals surface area contributed by atoms with Crippen LogP contribution in [0.15, 0.2) is 16.9 Å². The highest BCUT2D eigenvalue weighted by Gasteiger charge is 2.35. The molecule has 1 N–H and O–H groups in total. The van der Waals surface area contributed by atoms with Gasteiger partial charge in [-0.05, 0) is 31.6 Å². The van der Waals surface area contributed by atoms with Crippen molar-refractivity contribution >= 4 is 11.6 Å². The van der Waals surface area contributed by atoms with Gasteiger partial charge in [-0.1, -0.05) is 13.8 Å². The van der Waals surface area contributed by atoms with Crippen molar-refractivity contribution in [3.8, 4) is 0 Å². The number of H-pyrrole nitrogens is 1. The molecule has 1 aliphatic carbocycles. The molecule has 1 aliphatic heterocycles. The lowest BCUT2D eigenvalue weighted by molar-refractivity contribution is -0.133. The molecule has 0 bridgehead atoms. The third-order valence-electron chi connectivity index (χ3n) is 5.75. The molecule has 146 valence electrons. The number of aromatic nitrogens is 3. The molecule has 2 aliphatic rings. The Morgan fingerprint density at radius 3 is 2.74 bits per heavy atom. The van der Waals surface area contributed by atoms with E-state index < -0.39 is 0 Å². The van der Waals surface area contributed by atoms with Gasteiger partial charge in [0, 0.05) is 56.5 Å². The van der Waals surface area contributed by atoms with Crippen LogP contribution >= 0.6 is 0 Å². The minimum absolute atomic E-state index is 0.0928. The third-order valence-corrected chi connectivity index (χ3v) is 5.75. The first-order valence-electron chi connectivity index (χ1n) is 10.0. The number of aromatic amines is 1. The summed E-state index contributed by atoms with van der Waals surface area (Å²) in [4.78, 5) is 34.1. The second kappa shape index (κ2) is 7.11. The fourth-order valence-electron chi connectivity index (χ4n) is 4.04. The minimum atomic E-state index is -0.0928. The van der Waals surface area contributed by atoms with E-state index in [1.54, 1.807) is 6.07 Å². The van der Waals surface area contributed by atoms with Crippen LogP contribution in [-0.2, 0) is 11.3 Å². The van der Waals surface area contributed by atoms with Crippen LogP contribution in [0, 0.1) is 18.8 Å². The number of hydrogen-bond donors (Lipinski definition) is 1. The number of nitrogens with one attached hydrogen (secondary N) is 1. The first kappa shape index (κ1) is 18.2. The maximum absolute atomic E-state index is 12.7. The molecule has 2 fully saturated rings. The van der Waals surface area contributed by atoms with Gasteiger partial charge in [0.2, 0.25) is 5.91 Å². The molecule has 0 unspecified atom stereocenters. The molecule has 4 rings (SSSR count). The Morgan fingerprint density at radius 2 is 2.04 bits per heavy atom. The van der Waals surface area contributed by atoms with Crippen molar-refractivity contribution in [1.29, 1.82) is 0 Å². The van der Waals surface area contributed by atoms with Gasteiger partial charge in [-0.15, -0.1) is 0 Å². The molecule has 1 saturated heterocycles. The number of hydrogen-bond acceptors (Lipinski definition) is 4. The van der Waals surface area contributed by atoms with Crippen molar-refractivity contribution < 1.29 is 4.79 Å². The smallest absolute Gasteiger partial charge is 0.272 e. The van der Waals surface area contributed by atoms with E-state index in [0.29, 0.717) is 30.4 Å². The zero-order valence-corrected chi connectivity index (χ0v) is 16.4. The van der Waals surface area contributed by atoms with Crippen LogP contribution in [0.25, 0.3) is 5.65 Å². The van der Waals surface area contributed by atoms with E-state index in [1.807, 2.05) is 13.0 Å². The maximum atomic E-state index is 12.7. The second-order valence-electron chi connectivity index (χ2n) is 8.50. The van der Waals surface area contributed by atoms with Gasteiger partial charge < -0.3 is 4.90 Å². The van der Waals surface area contributed by atoms with Gasteiger partial charge in [0.15, 0.2) is 5.65 Å². The molecule has 3 heterocycles. The highest BCUT2D eigenvalue weighted by atomic mass is 16.2. The van der Waals surface area contributed by atoms with Gasteiger partial charge >= 0.3 is 0 Å². The van der Waals surface area contributed by atoms with Crippen LogP contribution in [0.3, 0.4) is 0 Å². The summed E-state index contributed by atoms with van der Waals surface area (Å²) in [5, 5.41) is 3.00. The monoisotopic (exact) mass is 371 g/mol. The van der Waals surface area contributed by atoms with Gasteiger partial charge in [-0.25, -0.2) is 9.50 Å². The molecule has 0 spiro atoms. The number of aryl methyl sites for hydroxylation is 1. The molecule has 1 atom stereocenters. The normalized spacial score (nSPS) is 22.0. The number of carbonyl (C=O) groups is 1. The van der Waals surface area contributed by atoms with Gasteiger partial charge in [0.05, 0.1) is 5.69 Å². The first-order valence-corrected chi connectivity index (χ1v) is 10.0. The summed E-state index contributed by atoms with van der Waals surface area (Å²) in [7, 11) is 0. The van der Waals surface area contributed by atoms with Crippen molar-refractivity contribution in [2.24, 2.45) is 11.8 Å². The molecule has 7 nitrogen and oxygen atoms in total. The quantitative estimate of drug-likeness (QED) is 0.870. The van der Waals surface area contributed by atoms with Crippen LogP contribution in [0.1, 0.15) is 44.5 Å². The summed E-state index contributed by atoms with van der Waals surface area (Å²) in [5.74, 6) is 1.37. The van der Waals surface area contributed by atoms with Crippen molar-refractivity contribution in [2.75, 3.05) is 19.6 Å². The van der Waals surface area contributed by atoms with E-state index in [-0.39, 0.29) is 17.5 Å². The highest BCUT2D eigenvalue weighted by molar-refractivity contribution is 5.77. The van der Waals surface area contributed by atoms with Gasteiger partial charge in [-0.3, -0.25) is 19.6 Å². The lowest BCUT2D eigenvalue weighted by atomic mass is 10.0. The van der Waals surface area contributed by atoms with Crippen molar-refractivity contribution in [1.82, 2.24) is 24.4 Å². The number of fused-ring (bicyclic) bond motifs is 1. The molecular formula is C20H29N5O2. The fourth-order valence-corrected chi connectivity index (χ4v) is 4.04. The molecule has 0 aromatic carbocycles. The maximum Gasteiger partial charge on any atom is 0.272 e. The molecule has 7 heteroatoms. The summed E-state index contributed by atoms with van der Waals surface area (Å²) in [6.45, 7) is 9.37. The third kappa shape index (κ3) is 3.93. The van der Waals surface area contributed by atoms with E-state index in [2.05, 4.69) is 33.7 Å². The summed E-state index contributed by atoms with van der Waals surface area (Å²) < 4.78 is 1.47.